The second-order valence-corrected chi connectivity index (χ2v) is 10.4. The lowest BCUT2D eigenvalue weighted by molar-refractivity contribution is -0.384. The maximum atomic E-state index is 13.4. The van der Waals surface area contributed by atoms with E-state index in [0.717, 1.165) is 22.3 Å². The van der Waals surface area contributed by atoms with Gasteiger partial charge in [-0.2, -0.15) is 0 Å². The Morgan fingerprint density at radius 3 is 2.04 bits per heavy atom. The molecule has 50 heavy (non-hydrogen) atoms. The molecule has 1 heterocycles. The number of amides is 3. The number of benzene rings is 3. The number of aliphatic hydroxyl groups excluding tert-OH is 1. The first-order valence-electron chi connectivity index (χ1n) is 15.0. The third-order valence-electron chi connectivity index (χ3n) is 6.85. The summed E-state index contributed by atoms with van der Waals surface area (Å²) in [5.74, 6) is -2.88. The molecule has 0 aliphatic carbocycles. The summed E-state index contributed by atoms with van der Waals surface area (Å²) in [4.78, 5) is 78.2. The van der Waals surface area contributed by atoms with Crippen LogP contribution in [0, 0.1) is 10.1 Å². The van der Waals surface area contributed by atoms with Crippen LogP contribution in [0.3, 0.4) is 0 Å². The standard InChI is InChI=1S/C33H32N6O11/c40-18-28(30(42)35-17-29(41)50-26-13-11-24(12-14-26)39(46)47)36-31(43)27(37-32(44)48-19-22-7-3-1-4-8-22)15-25-16-34-21-38(25)33(45)49-20-23-9-5-2-6-10-23/h1-14,16,21,27-28,40H,15,17-20H2,(H,35,42)(H,36,43)(H,37,44). The summed E-state index contributed by atoms with van der Waals surface area (Å²) in [7, 11) is 0. The molecule has 260 valence electrons. The number of carbonyl (C=O) groups excluding carboxylic acids is 5. The molecule has 0 aliphatic heterocycles. The average Bonchev–Trinajstić information content (AvgIpc) is 3.60. The monoisotopic (exact) mass is 688 g/mol. The van der Waals surface area contributed by atoms with Gasteiger partial charge in [-0.3, -0.25) is 19.7 Å². The fraction of sp³-hybridized carbons (Fsp3) is 0.212. The minimum absolute atomic E-state index is 0.0156. The molecule has 1 aromatic heterocycles. The molecule has 3 aromatic carbocycles. The van der Waals surface area contributed by atoms with E-state index >= 15 is 0 Å². The molecule has 0 bridgehead atoms. The van der Waals surface area contributed by atoms with E-state index in [9.17, 15) is 39.2 Å². The summed E-state index contributed by atoms with van der Waals surface area (Å²) in [5.41, 5.74) is 1.34. The van der Waals surface area contributed by atoms with E-state index in [4.69, 9.17) is 14.2 Å². The number of rotatable bonds is 15. The van der Waals surface area contributed by atoms with Gasteiger partial charge in [0.05, 0.1) is 17.2 Å². The summed E-state index contributed by atoms with van der Waals surface area (Å²) in [6, 6.07) is 19.3. The van der Waals surface area contributed by atoms with Gasteiger partial charge in [0, 0.05) is 24.8 Å². The van der Waals surface area contributed by atoms with Crippen molar-refractivity contribution in [2.75, 3.05) is 13.2 Å². The van der Waals surface area contributed by atoms with Crippen molar-refractivity contribution in [3.05, 3.63) is 124 Å². The van der Waals surface area contributed by atoms with Gasteiger partial charge in [0.25, 0.3) is 5.69 Å². The van der Waals surface area contributed by atoms with E-state index in [0.29, 0.717) is 5.56 Å². The van der Waals surface area contributed by atoms with E-state index in [-0.39, 0.29) is 36.8 Å². The number of nitrogens with one attached hydrogen (secondary N) is 3. The number of carbonyl (C=O) groups is 5. The molecule has 4 aromatic rings. The van der Waals surface area contributed by atoms with E-state index in [1.807, 2.05) is 6.07 Å². The number of hydrogen-bond donors (Lipinski definition) is 4. The Morgan fingerprint density at radius 1 is 0.820 bits per heavy atom. The molecule has 2 atom stereocenters. The van der Waals surface area contributed by atoms with Crippen LogP contribution in [0.4, 0.5) is 15.3 Å². The van der Waals surface area contributed by atoms with Crippen LogP contribution in [0.15, 0.2) is 97.5 Å². The number of hydrogen-bond acceptors (Lipinski definition) is 12. The zero-order chi connectivity index (χ0) is 35.9. The zero-order valence-corrected chi connectivity index (χ0v) is 26.3. The van der Waals surface area contributed by atoms with E-state index in [1.165, 1.54) is 24.7 Å². The molecule has 0 saturated heterocycles. The number of esters is 1. The van der Waals surface area contributed by atoms with Crippen molar-refractivity contribution < 1.29 is 48.2 Å². The Labute approximate surface area is 284 Å². The van der Waals surface area contributed by atoms with Gasteiger partial charge < -0.3 is 35.3 Å². The zero-order valence-electron chi connectivity index (χ0n) is 26.3. The molecule has 0 saturated carbocycles. The average molecular weight is 689 g/mol. The van der Waals surface area contributed by atoms with E-state index in [2.05, 4.69) is 20.9 Å². The lowest BCUT2D eigenvalue weighted by atomic mass is 10.1. The Balaban J connectivity index is 1.40. The van der Waals surface area contributed by atoms with Crippen molar-refractivity contribution in [2.24, 2.45) is 0 Å². The van der Waals surface area contributed by atoms with Crippen molar-refractivity contribution in [1.29, 1.82) is 0 Å². The minimum Gasteiger partial charge on any atom is -0.445 e. The lowest BCUT2D eigenvalue weighted by Gasteiger charge is -2.22. The van der Waals surface area contributed by atoms with Gasteiger partial charge in [-0.05, 0) is 23.3 Å². The number of nitrogens with zero attached hydrogens (tertiary/aromatic N) is 3. The van der Waals surface area contributed by atoms with Crippen LogP contribution in [0.2, 0.25) is 0 Å². The Bertz CT molecular complexity index is 1780. The third kappa shape index (κ3) is 11.0. The van der Waals surface area contributed by atoms with Crippen LogP contribution < -0.4 is 20.7 Å². The third-order valence-corrected chi connectivity index (χ3v) is 6.85. The van der Waals surface area contributed by atoms with Gasteiger partial charge in [-0.25, -0.2) is 23.9 Å². The normalized spacial score (nSPS) is 11.7. The number of imidazole rings is 1. The Morgan fingerprint density at radius 2 is 1.44 bits per heavy atom. The van der Waals surface area contributed by atoms with Crippen molar-refractivity contribution in [1.82, 2.24) is 25.5 Å². The van der Waals surface area contributed by atoms with E-state index in [1.54, 1.807) is 54.6 Å². The highest BCUT2D eigenvalue weighted by Crippen LogP contribution is 2.17. The van der Waals surface area contributed by atoms with Crippen molar-refractivity contribution in [3.8, 4) is 5.75 Å². The first-order valence-corrected chi connectivity index (χ1v) is 15.0. The predicted molar refractivity (Wildman–Crippen MR) is 172 cm³/mol. The Kier molecular flexibility index (Phi) is 13.1. The first kappa shape index (κ1) is 36.2. The highest BCUT2D eigenvalue weighted by atomic mass is 16.6. The smallest absolute Gasteiger partial charge is 0.419 e. The lowest BCUT2D eigenvalue weighted by Crippen LogP contribution is -2.56. The van der Waals surface area contributed by atoms with Crippen LogP contribution in [-0.4, -0.2) is 74.8 Å². The van der Waals surface area contributed by atoms with Crippen LogP contribution >= 0.6 is 0 Å². The first-order chi connectivity index (χ1) is 24.1. The summed E-state index contributed by atoms with van der Waals surface area (Å²) >= 11 is 0. The SMILES string of the molecule is O=C(CNC(=O)C(CO)NC(=O)C(Cc1cncn1C(=O)OCc1ccccc1)NC(=O)OCc1ccccc1)Oc1ccc([N+](=O)[O-])cc1. The molecule has 0 radical (unpaired) electrons. The molecule has 4 N–H and O–H groups in total. The maximum Gasteiger partial charge on any atom is 0.419 e. The maximum absolute atomic E-state index is 13.4. The van der Waals surface area contributed by atoms with Crippen LogP contribution in [0.1, 0.15) is 16.8 Å². The molecule has 2 unspecified atom stereocenters. The molecule has 17 nitrogen and oxygen atoms in total. The fourth-order valence-corrected chi connectivity index (χ4v) is 4.30. The number of nitro benzene ring substituents is 1. The summed E-state index contributed by atoms with van der Waals surface area (Å²) < 4.78 is 16.7. The Hall–Kier alpha value is -6.62. The van der Waals surface area contributed by atoms with Gasteiger partial charge >= 0.3 is 18.2 Å². The fourth-order valence-electron chi connectivity index (χ4n) is 4.30. The summed E-state index contributed by atoms with van der Waals surface area (Å²) in [6.45, 7) is -1.74. The number of aromatic nitrogens is 2. The summed E-state index contributed by atoms with van der Waals surface area (Å²) in [5, 5.41) is 27.6. The van der Waals surface area contributed by atoms with Gasteiger partial charge in [-0.1, -0.05) is 60.7 Å². The molecule has 0 fully saturated rings. The predicted octanol–water partition coefficient (Wildman–Crippen LogP) is 2.01. The largest absolute Gasteiger partial charge is 0.445 e. The molecule has 0 spiro atoms. The van der Waals surface area contributed by atoms with Crippen LogP contribution in [0.5, 0.6) is 5.75 Å². The van der Waals surface area contributed by atoms with Crippen molar-refractivity contribution in [2.45, 2.75) is 31.7 Å². The van der Waals surface area contributed by atoms with Crippen molar-refractivity contribution in [3.63, 3.8) is 0 Å². The quantitative estimate of drug-likeness (QED) is 0.0608. The molecule has 17 heteroatoms. The number of alkyl carbamates (subject to hydrolysis) is 1. The number of non-ortho nitro benzene ring substituents is 1. The highest BCUT2D eigenvalue weighted by molar-refractivity contribution is 5.92. The minimum atomic E-state index is -1.58. The number of ether oxygens (including phenoxy) is 3. The highest BCUT2D eigenvalue weighted by Gasteiger charge is 2.29. The van der Waals surface area contributed by atoms with Gasteiger partial charge in [0.15, 0.2) is 0 Å². The topological polar surface area (TPSA) is 230 Å². The second kappa shape index (κ2) is 18.1. The van der Waals surface area contributed by atoms with Crippen LogP contribution in [-0.2, 0) is 43.5 Å². The molecule has 4 rings (SSSR count). The van der Waals surface area contributed by atoms with Crippen LogP contribution in [0.25, 0.3) is 0 Å². The summed E-state index contributed by atoms with van der Waals surface area (Å²) in [6.07, 6.45) is 0.332. The van der Waals surface area contributed by atoms with Gasteiger partial charge in [0.1, 0.15) is 43.9 Å². The van der Waals surface area contributed by atoms with E-state index < -0.39 is 60.1 Å². The molecular weight excluding hydrogens is 656 g/mol. The number of aliphatic hydroxyl groups is 1. The van der Waals surface area contributed by atoms with Crippen molar-refractivity contribution >= 4 is 35.7 Å². The number of nitro groups is 1. The van der Waals surface area contributed by atoms with Gasteiger partial charge in [-0.15, -0.1) is 0 Å². The molecular formula is C33H32N6O11. The molecule has 3 amide bonds. The van der Waals surface area contributed by atoms with Gasteiger partial charge in [0.2, 0.25) is 11.8 Å². The second-order valence-electron chi connectivity index (χ2n) is 10.4. The molecule has 0 aliphatic rings.